The number of hydrogen-bond acceptors (Lipinski definition) is 4. The molecule has 1 fully saturated rings. The molecule has 2 aromatic heterocycles. The number of hydrogen-bond donors (Lipinski definition) is 0. The van der Waals surface area contributed by atoms with Gasteiger partial charge in [0.2, 0.25) is 5.91 Å². The molecule has 0 spiro atoms. The Hall–Kier alpha value is -1.97. The van der Waals surface area contributed by atoms with Crippen LogP contribution in [0.25, 0.3) is 0 Å². The van der Waals surface area contributed by atoms with E-state index in [0.717, 1.165) is 17.8 Å². The predicted octanol–water partition coefficient (Wildman–Crippen LogP) is 3.62. The Morgan fingerprint density at radius 3 is 2.52 bits per heavy atom. The zero-order valence-corrected chi connectivity index (χ0v) is 13.9. The van der Waals surface area contributed by atoms with Gasteiger partial charge in [-0.2, -0.15) is 5.10 Å². The summed E-state index contributed by atoms with van der Waals surface area (Å²) < 4.78 is 52.0. The molecule has 3 rings (SSSR count). The molecule has 25 heavy (non-hydrogen) atoms. The maximum absolute atomic E-state index is 13.0. The van der Waals surface area contributed by atoms with Crippen molar-refractivity contribution >= 4 is 17.2 Å². The molecule has 136 valence electrons. The topological polar surface area (TPSA) is 51.0 Å². The Morgan fingerprint density at radius 1 is 1.24 bits per heavy atom. The summed E-state index contributed by atoms with van der Waals surface area (Å²) in [4.78, 5) is 18.2. The van der Waals surface area contributed by atoms with Gasteiger partial charge in [-0.3, -0.25) is 9.48 Å². The first kappa shape index (κ1) is 17.8. The fraction of sp³-hybridized carbons (Fsp3) is 0.533. The molecule has 0 aliphatic carbocycles. The molecule has 0 saturated carbocycles. The highest BCUT2D eigenvalue weighted by atomic mass is 32.1. The maximum Gasteiger partial charge on any atom is 0.282 e. The fourth-order valence-electron chi connectivity index (χ4n) is 2.90. The van der Waals surface area contributed by atoms with E-state index in [1.165, 1.54) is 0 Å². The van der Waals surface area contributed by atoms with Crippen molar-refractivity contribution in [1.82, 2.24) is 19.7 Å². The van der Waals surface area contributed by atoms with Gasteiger partial charge in [-0.1, -0.05) is 0 Å². The Morgan fingerprint density at radius 2 is 1.96 bits per heavy atom. The fourth-order valence-corrected chi connectivity index (χ4v) is 3.71. The van der Waals surface area contributed by atoms with Crippen LogP contribution in [0.3, 0.4) is 0 Å². The van der Waals surface area contributed by atoms with Crippen LogP contribution in [0.1, 0.15) is 48.0 Å². The van der Waals surface area contributed by atoms with E-state index in [0.29, 0.717) is 23.8 Å². The molecule has 1 aliphatic rings. The number of likely N-dealkylation sites (tertiary alicyclic amines) is 1. The lowest BCUT2D eigenvalue weighted by atomic mass is 9.97. The monoisotopic (exact) mass is 376 g/mol. The summed E-state index contributed by atoms with van der Waals surface area (Å²) in [6, 6.07) is 0.650. The zero-order valence-electron chi connectivity index (χ0n) is 13.1. The van der Waals surface area contributed by atoms with E-state index in [4.69, 9.17) is 0 Å². The summed E-state index contributed by atoms with van der Waals surface area (Å²) in [5, 5.41) is 6.38. The van der Waals surface area contributed by atoms with Crippen LogP contribution >= 0.6 is 11.3 Å². The molecule has 3 heterocycles. The van der Waals surface area contributed by atoms with Gasteiger partial charge in [0.15, 0.2) is 0 Å². The highest BCUT2D eigenvalue weighted by molar-refractivity contribution is 7.09. The Kier molecular flexibility index (Phi) is 5.36. The van der Waals surface area contributed by atoms with Gasteiger partial charge in [-0.15, -0.1) is 11.3 Å². The number of aromatic nitrogens is 3. The number of thiazole rings is 1. The standard InChI is InChI=1S/C15H16F4N4OS/c16-13(17)10-7-11(14(18)19)23(21-10)8-12(24)22-4-1-9(2-5-22)15-20-3-6-25-15/h3,6-7,9,13-14H,1-2,4-5,8H2. The summed E-state index contributed by atoms with van der Waals surface area (Å²) in [5.74, 6) is -0.112. The van der Waals surface area contributed by atoms with Crippen molar-refractivity contribution in [3.63, 3.8) is 0 Å². The summed E-state index contributed by atoms with van der Waals surface area (Å²) in [6.45, 7) is 0.500. The first-order valence-corrected chi connectivity index (χ1v) is 8.64. The smallest absolute Gasteiger partial charge is 0.282 e. The van der Waals surface area contributed by atoms with Gasteiger partial charge in [0.1, 0.15) is 17.9 Å². The summed E-state index contributed by atoms with van der Waals surface area (Å²) >= 11 is 1.57. The van der Waals surface area contributed by atoms with Crippen molar-refractivity contribution in [2.45, 2.75) is 38.2 Å². The molecule has 0 unspecified atom stereocenters. The minimum atomic E-state index is -2.97. The largest absolute Gasteiger partial charge is 0.341 e. The van der Waals surface area contributed by atoms with Crippen molar-refractivity contribution in [2.24, 2.45) is 0 Å². The quantitative estimate of drug-likeness (QED) is 0.749. The van der Waals surface area contributed by atoms with Gasteiger partial charge in [0.25, 0.3) is 12.9 Å². The van der Waals surface area contributed by atoms with Crippen LogP contribution in [0.2, 0.25) is 0 Å². The summed E-state index contributed by atoms with van der Waals surface area (Å²) in [6.07, 6.45) is -2.71. The van der Waals surface area contributed by atoms with Crippen LogP contribution in [0.4, 0.5) is 17.6 Å². The Bertz CT molecular complexity index is 711. The first-order chi connectivity index (χ1) is 12.0. The van der Waals surface area contributed by atoms with Gasteiger partial charge in [-0.25, -0.2) is 22.5 Å². The van der Waals surface area contributed by atoms with Crippen LogP contribution in [-0.4, -0.2) is 38.7 Å². The molecule has 1 saturated heterocycles. The predicted molar refractivity (Wildman–Crippen MR) is 82.8 cm³/mol. The van der Waals surface area contributed by atoms with Crippen molar-refractivity contribution in [2.75, 3.05) is 13.1 Å². The van der Waals surface area contributed by atoms with E-state index in [-0.39, 0.29) is 5.92 Å². The van der Waals surface area contributed by atoms with Crippen molar-refractivity contribution in [3.8, 4) is 0 Å². The molecular weight excluding hydrogens is 360 g/mol. The van der Waals surface area contributed by atoms with Gasteiger partial charge in [0, 0.05) is 30.6 Å². The summed E-state index contributed by atoms with van der Waals surface area (Å²) in [7, 11) is 0. The number of piperidine rings is 1. The molecule has 10 heteroatoms. The minimum Gasteiger partial charge on any atom is -0.341 e. The maximum atomic E-state index is 13.0. The van der Waals surface area contributed by atoms with Crippen LogP contribution < -0.4 is 0 Å². The zero-order chi connectivity index (χ0) is 18.0. The third kappa shape index (κ3) is 4.00. The molecule has 2 aromatic rings. The number of rotatable bonds is 5. The number of halogens is 4. The van der Waals surface area contributed by atoms with E-state index in [1.54, 1.807) is 22.4 Å². The van der Waals surface area contributed by atoms with Crippen molar-refractivity contribution in [1.29, 1.82) is 0 Å². The van der Waals surface area contributed by atoms with E-state index in [9.17, 15) is 22.4 Å². The van der Waals surface area contributed by atoms with Crippen molar-refractivity contribution < 1.29 is 22.4 Å². The van der Waals surface area contributed by atoms with Crippen LogP contribution in [0.15, 0.2) is 17.6 Å². The molecule has 0 N–H and O–H groups in total. The lowest BCUT2D eigenvalue weighted by Crippen LogP contribution is -2.40. The Balaban J connectivity index is 1.63. The van der Waals surface area contributed by atoms with E-state index in [1.807, 2.05) is 5.38 Å². The molecule has 1 amide bonds. The molecule has 0 bridgehead atoms. The van der Waals surface area contributed by atoms with E-state index in [2.05, 4.69) is 10.1 Å². The molecule has 0 aromatic carbocycles. The third-order valence-electron chi connectivity index (χ3n) is 4.21. The Labute approximate surface area is 145 Å². The number of nitrogens with zero attached hydrogens (tertiary/aromatic N) is 4. The third-order valence-corrected chi connectivity index (χ3v) is 5.15. The van der Waals surface area contributed by atoms with Gasteiger partial charge < -0.3 is 4.90 Å². The lowest BCUT2D eigenvalue weighted by Gasteiger charge is -2.31. The van der Waals surface area contributed by atoms with Gasteiger partial charge in [-0.05, 0) is 18.9 Å². The molecule has 5 nitrogen and oxygen atoms in total. The lowest BCUT2D eigenvalue weighted by molar-refractivity contribution is -0.133. The number of carbonyl (C=O) groups is 1. The minimum absolute atomic E-state index is 0.288. The van der Waals surface area contributed by atoms with Gasteiger partial charge >= 0.3 is 0 Å². The second-order valence-electron chi connectivity index (χ2n) is 5.78. The number of carbonyl (C=O) groups excluding carboxylic acids is 1. The normalized spacial score (nSPS) is 16.2. The molecule has 0 radical (unpaired) electrons. The first-order valence-electron chi connectivity index (χ1n) is 7.76. The average Bonchev–Trinajstić information content (AvgIpc) is 3.24. The van der Waals surface area contributed by atoms with Gasteiger partial charge in [0.05, 0.1) is 5.01 Å². The highest BCUT2D eigenvalue weighted by Crippen LogP contribution is 2.30. The van der Waals surface area contributed by atoms with Crippen molar-refractivity contribution in [3.05, 3.63) is 34.0 Å². The second kappa shape index (κ2) is 7.51. The summed E-state index contributed by atoms with van der Waals surface area (Å²) in [5.41, 5.74) is -1.41. The SMILES string of the molecule is O=C(Cn1nc(C(F)F)cc1C(F)F)N1CCC(c2nccs2)CC1. The number of alkyl halides is 4. The molecule has 0 atom stereocenters. The van der Waals surface area contributed by atoms with Crippen LogP contribution in [-0.2, 0) is 11.3 Å². The highest BCUT2D eigenvalue weighted by Gasteiger charge is 2.27. The second-order valence-corrected chi connectivity index (χ2v) is 6.70. The van der Waals surface area contributed by atoms with E-state index < -0.39 is 36.7 Å². The molecule has 1 aliphatic heterocycles. The van der Waals surface area contributed by atoms with Crippen LogP contribution in [0.5, 0.6) is 0 Å². The molecular formula is C15H16F4N4OS. The van der Waals surface area contributed by atoms with E-state index >= 15 is 0 Å². The number of amides is 1. The van der Waals surface area contributed by atoms with Crippen LogP contribution in [0, 0.1) is 0 Å². The average molecular weight is 376 g/mol.